The molecule has 0 radical (unpaired) electrons. The first-order valence-electron chi connectivity index (χ1n) is 6.71. The van der Waals surface area contributed by atoms with Crippen LogP contribution in [-0.2, 0) is 0 Å². The molecule has 120 valence electrons. The van der Waals surface area contributed by atoms with Gasteiger partial charge in [0.1, 0.15) is 18.5 Å². The van der Waals surface area contributed by atoms with Gasteiger partial charge in [-0.25, -0.2) is 0 Å². The van der Waals surface area contributed by atoms with Gasteiger partial charge in [0.2, 0.25) is 0 Å². The maximum Gasteiger partial charge on any atom is 0.389 e. The first-order valence-corrected chi connectivity index (χ1v) is 7.08. The molecule has 0 heterocycles. The van der Waals surface area contributed by atoms with E-state index in [0.717, 1.165) is 0 Å². The molecule has 0 aromatic heterocycles. The molecule has 1 atom stereocenters. The monoisotopic (exact) mass is 325 g/mol. The van der Waals surface area contributed by atoms with Gasteiger partial charge in [-0.2, -0.15) is 13.2 Å². The lowest BCUT2D eigenvalue weighted by atomic mass is 10.2. The van der Waals surface area contributed by atoms with Gasteiger partial charge in [-0.3, -0.25) is 0 Å². The molecular formula is C14H19ClF3NO2. The molecule has 0 aliphatic heterocycles. The molecule has 0 aliphatic carbocycles. The van der Waals surface area contributed by atoms with Gasteiger partial charge in [0.25, 0.3) is 0 Å². The van der Waals surface area contributed by atoms with Crippen LogP contribution in [0.3, 0.4) is 0 Å². The van der Waals surface area contributed by atoms with Gasteiger partial charge in [0.05, 0.1) is 0 Å². The lowest BCUT2D eigenvalue weighted by Crippen LogP contribution is -2.32. The van der Waals surface area contributed by atoms with E-state index in [9.17, 15) is 18.3 Å². The van der Waals surface area contributed by atoms with Crippen LogP contribution in [0.15, 0.2) is 24.3 Å². The second-order valence-electron chi connectivity index (χ2n) is 4.70. The highest BCUT2D eigenvalue weighted by atomic mass is 35.5. The molecule has 21 heavy (non-hydrogen) atoms. The minimum absolute atomic E-state index is 0.0889. The third-order valence-electron chi connectivity index (χ3n) is 2.68. The maximum absolute atomic E-state index is 11.9. The Morgan fingerprint density at radius 1 is 1.29 bits per heavy atom. The molecule has 1 aromatic rings. The molecule has 1 aromatic carbocycles. The van der Waals surface area contributed by atoms with Crippen LogP contribution in [0.4, 0.5) is 13.2 Å². The van der Waals surface area contributed by atoms with Crippen LogP contribution in [-0.4, -0.2) is 37.1 Å². The largest absolute Gasteiger partial charge is 0.491 e. The van der Waals surface area contributed by atoms with Crippen molar-refractivity contribution in [2.75, 3.05) is 19.7 Å². The van der Waals surface area contributed by atoms with E-state index in [2.05, 4.69) is 5.32 Å². The standard InChI is InChI=1S/C14H19ClF3NO2/c15-11-4-3-5-13(8-11)21-10-12(20)9-19-7-2-1-6-14(16,17)18/h3-5,8,12,19-20H,1-2,6-7,9-10H2. The van der Waals surface area contributed by atoms with Gasteiger partial charge in [0, 0.05) is 18.0 Å². The zero-order chi connectivity index (χ0) is 15.7. The van der Waals surface area contributed by atoms with Gasteiger partial charge >= 0.3 is 6.18 Å². The third-order valence-corrected chi connectivity index (χ3v) is 2.92. The number of nitrogens with one attached hydrogen (secondary N) is 1. The van der Waals surface area contributed by atoms with E-state index < -0.39 is 18.7 Å². The zero-order valence-electron chi connectivity index (χ0n) is 11.5. The SMILES string of the molecule is OC(CNCCCCC(F)(F)F)COc1cccc(Cl)c1. The van der Waals surface area contributed by atoms with E-state index in [-0.39, 0.29) is 19.6 Å². The summed E-state index contributed by atoms with van der Waals surface area (Å²) in [4.78, 5) is 0. The highest BCUT2D eigenvalue weighted by molar-refractivity contribution is 6.30. The Morgan fingerprint density at radius 3 is 2.71 bits per heavy atom. The molecule has 1 unspecified atom stereocenters. The van der Waals surface area contributed by atoms with Crippen molar-refractivity contribution in [3.8, 4) is 5.75 Å². The Balaban J connectivity index is 2.05. The van der Waals surface area contributed by atoms with Crippen molar-refractivity contribution < 1.29 is 23.0 Å². The number of halogens is 4. The van der Waals surface area contributed by atoms with Crippen molar-refractivity contribution in [2.24, 2.45) is 0 Å². The van der Waals surface area contributed by atoms with Gasteiger partial charge in [-0.05, 0) is 37.6 Å². The van der Waals surface area contributed by atoms with Crippen LogP contribution in [0.1, 0.15) is 19.3 Å². The highest BCUT2D eigenvalue weighted by Crippen LogP contribution is 2.21. The molecule has 0 aliphatic rings. The van der Waals surface area contributed by atoms with E-state index in [0.29, 0.717) is 23.7 Å². The van der Waals surface area contributed by atoms with E-state index >= 15 is 0 Å². The molecular weight excluding hydrogens is 307 g/mol. The molecule has 0 amide bonds. The molecule has 2 N–H and O–H groups in total. The minimum atomic E-state index is -4.09. The van der Waals surface area contributed by atoms with Crippen LogP contribution in [0.25, 0.3) is 0 Å². The summed E-state index contributed by atoms with van der Waals surface area (Å²) in [6, 6.07) is 6.82. The highest BCUT2D eigenvalue weighted by Gasteiger charge is 2.25. The number of hydrogen-bond acceptors (Lipinski definition) is 3. The Hall–Kier alpha value is -0.980. The fourth-order valence-corrected chi connectivity index (χ4v) is 1.83. The summed E-state index contributed by atoms with van der Waals surface area (Å²) < 4.78 is 41.0. The lowest BCUT2D eigenvalue weighted by molar-refractivity contribution is -0.135. The topological polar surface area (TPSA) is 41.5 Å². The molecule has 0 spiro atoms. The molecule has 0 saturated carbocycles. The van der Waals surface area contributed by atoms with Gasteiger partial charge in [0.15, 0.2) is 0 Å². The van der Waals surface area contributed by atoms with E-state index in [1.165, 1.54) is 0 Å². The first-order chi connectivity index (χ1) is 9.87. The summed E-state index contributed by atoms with van der Waals surface area (Å²) >= 11 is 5.79. The maximum atomic E-state index is 11.9. The summed E-state index contributed by atoms with van der Waals surface area (Å²) in [5.74, 6) is 0.562. The van der Waals surface area contributed by atoms with Crippen LogP contribution >= 0.6 is 11.6 Å². The van der Waals surface area contributed by atoms with E-state index in [4.69, 9.17) is 16.3 Å². The Kier molecular flexibility index (Phi) is 7.85. The quantitative estimate of drug-likeness (QED) is 0.684. The summed E-state index contributed by atoms with van der Waals surface area (Å²) in [7, 11) is 0. The summed E-state index contributed by atoms with van der Waals surface area (Å²) in [6.45, 7) is 0.798. The van der Waals surface area contributed by atoms with Crippen LogP contribution < -0.4 is 10.1 Å². The molecule has 0 bridgehead atoms. The fraction of sp³-hybridized carbons (Fsp3) is 0.571. The molecule has 1 rings (SSSR count). The molecule has 7 heteroatoms. The smallest absolute Gasteiger partial charge is 0.389 e. The van der Waals surface area contributed by atoms with Crippen molar-refractivity contribution in [3.05, 3.63) is 29.3 Å². The number of unbranched alkanes of at least 4 members (excludes halogenated alkanes) is 1. The van der Waals surface area contributed by atoms with Gasteiger partial charge < -0.3 is 15.2 Å². The molecule has 0 fully saturated rings. The van der Waals surface area contributed by atoms with Gasteiger partial charge in [-0.1, -0.05) is 17.7 Å². The number of hydrogen-bond donors (Lipinski definition) is 2. The predicted molar refractivity (Wildman–Crippen MR) is 75.7 cm³/mol. The summed E-state index contributed by atoms with van der Waals surface area (Å²) in [6.07, 6.45) is -5.08. The fourth-order valence-electron chi connectivity index (χ4n) is 1.65. The number of aliphatic hydroxyl groups is 1. The van der Waals surface area contributed by atoms with Crippen LogP contribution in [0.2, 0.25) is 5.02 Å². The predicted octanol–water partition coefficient (Wildman–Crippen LogP) is 3.40. The lowest BCUT2D eigenvalue weighted by Gasteiger charge is -2.13. The molecule has 0 saturated heterocycles. The van der Waals surface area contributed by atoms with Gasteiger partial charge in [-0.15, -0.1) is 0 Å². The van der Waals surface area contributed by atoms with Crippen molar-refractivity contribution in [2.45, 2.75) is 31.5 Å². The summed E-state index contributed by atoms with van der Waals surface area (Å²) in [5, 5.41) is 13.1. The van der Waals surface area contributed by atoms with Crippen molar-refractivity contribution in [3.63, 3.8) is 0 Å². The minimum Gasteiger partial charge on any atom is -0.491 e. The van der Waals surface area contributed by atoms with Crippen molar-refractivity contribution >= 4 is 11.6 Å². The number of alkyl halides is 3. The second kappa shape index (κ2) is 9.12. The average molecular weight is 326 g/mol. The first kappa shape index (κ1) is 18.1. The van der Waals surface area contributed by atoms with Crippen LogP contribution in [0.5, 0.6) is 5.75 Å². The number of ether oxygens (including phenoxy) is 1. The second-order valence-corrected chi connectivity index (χ2v) is 5.14. The third kappa shape index (κ3) is 9.55. The number of rotatable bonds is 9. The van der Waals surface area contributed by atoms with Crippen molar-refractivity contribution in [1.82, 2.24) is 5.32 Å². The zero-order valence-corrected chi connectivity index (χ0v) is 12.3. The Bertz CT molecular complexity index is 415. The summed E-state index contributed by atoms with van der Waals surface area (Å²) in [5.41, 5.74) is 0. The average Bonchev–Trinajstić information content (AvgIpc) is 2.39. The van der Waals surface area contributed by atoms with Crippen LogP contribution in [0, 0.1) is 0 Å². The van der Waals surface area contributed by atoms with E-state index in [1.54, 1.807) is 24.3 Å². The Labute approximate surface area is 127 Å². The molecule has 3 nitrogen and oxygen atoms in total. The normalized spacial score (nSPS) is 13.2. The van der Waals surface area contributed by atoms with Crippen molar-refractivity contribution in [1.29, 1.82) is 0 Å². The van der Waals surface area contributed by atoms with E-state index in [1.807, 2.05) is 0 Å². The Morgan fingerprint density at radius 2 is 2.05 bits per heavy atom. The number of benzene rings is 1. The number of aliphatic hydroxyl groups excluding tert-OH is 1.